The molecule has 2 rings (SSSR count). The van der Waals surface area contributed by atoms with Gasteiger partial charge in [0.15, 0.2) is 0 Å². The molecule has 1 aliphatic rings. The Bertz CT molecular complexity index is 422. The maximum atomic E-state index is 12.8. The van der Waals surface area contributed by atoms with E-state index >= 15 is 0 Å². The molecular weight excluding hydrogens is 269 g/mol. The SMILES string of the molecule is Fc1cc(F)cc(OCC2CN(CC(F)(F)F)C2)c1. The summed E-state index contributed by atoms with van der Waals surface area (Å²) in [6.45, 7) is -0.232. The highest BCUT2D eigenvalue weighted by atomic mass is 19.4. The van der Waals surface area contributed by atoms with Crippen LogP contribution in [0.3, 0.4) is 0 Å². The molecule has 0 unspecified atom stereocenters. The monoisotopic (exact) mass is 281 g/mol. The van der Waals surface area contributed by atoms with Gasteiger partial charge in [0.2, 0.25) is 0 Å². The second-order valence-electron chi connectivity index (χ2n) is 4.59. The van der Waals surface area contributed by atoms with Crippen LogP contribution in [0.4, 0.5) is 22.0 Å². The van der Waals surface area contributed by atoms with Crippen LogP contribution in [-0.2, 0) is 0 Å². The molecule has 106 valence electrons. The summed E-state index contributed by atoms with van der Waals surface area (Å²) < 4.78 is 67.0. The predicted octanol–water partition coefficient (Wildman–Crippen LogP) is 2.84. The van der Waals surface area contributed by atoms with Crippen LogP contribution in [0.2, 0.25) is 0 Å². The van der Waals surface area contributed by atoms with Crippen molar-refractivity contribution in [1.82, 2.24) is 4.90 Å². The zero-order valence-corrected chi connectivity index (χ0v) is 9.88. The highest BCUT2D eigenvalue weighted by Gasteiger charge is 2.37. The van der Waals surface area contributed by atoms with Crippen LogP contribution < -0.4 is 4.74 Å². The summed E-state index contributed by atoms with van der Waals surface area (Å²) in [6.07, 6.45) is -4.20. The first-order valence-corrected chi connectivity index (χ1v) is 5.70. The highest BCUT2D eigenvalue weighted by molar-refractivity contribution is 5.23. The Kier molecular flexibility index (Phi) is 3.93. The lowest BCUT2D eigenvalue weighted by Crippen LogP contribution is -2.52. The molecular formula is C12H12F5NO. The molecule has 0 saturated carbocycles. The molecule has 0 aliphatic carbocycles. The van der Waals surface area contributed by atoms with E-state index in [0.29, 0.717) is 0 Å². The lowest BCUT2D eigenvalue weighted by Gasteiger charge is -2.39. The predicted molar refractivity (Wildman–Crippen MR) is 57.8 cm³/mol. The van der Waals surface area contributed by atoms with E-state index in [1.165, 1.54) is 4.90 Å². The fourth-order valence-corrected chi connectivity index (χ4v) is 1.99. The van der Waals surface area contributed by atoms with E-state index < -0.39 is 24.4 Å². The maximum absolute atomic E-state index is 12.8. The fraction of sp³-hybridized carbons (Fsp3) is 0.500. The second-order valence-corrected chi connectivity index (χ2v) is 4.59. The summed E-state index contributed by atoms with van der Waals surface area (Å²) in [5.74, 6) is -1.50. The highest BCUT2D eigenvalue weighted by Crippen LogP contribution is 2.24. The Morgan fingerprint density at radius 1 is 1.11 bits per heavy atom. The first-order valence-electron chi connectivity index (χ1n) is 5.70. The van der Waals surface area contributed by atoms with E-state index in [0.717, 1.165) is 18.2 Å². The molecule has 0 spiro atoms. The number of hydrogen-bond donors (Lipinski definition) is 0. The number of benzene rings is 1. The minimum absolute atomic E-state index is 0.0475. The molecule has 1 aromatic carbocycles. The maximum Gasteiger partial charge on any atom is 0.401 e. The van der Waals surface area contributed by atoms with Crippen LogP contribution in [0.1, 0.15) is 0 Å². The van der Waals surface area contributed by atoms with Gasteiger partial charge in [-0.1, -0.05) is 0 Å². The molecule has 2 nitrogen and oxygen atoms in total. The topological polar surface area (TPSA) is 12.5 Å². The Balaban J connectivity index is 1.73. The van der Waals surface area contributed by atoms with E-state index in [-0.39, 0.29) is 31.4 Å². The molecule has 1 aromatic rings. The van der Waals surface area contributed by atoms with Crippen molar-refractivity contribution >= 4 is 0 Å². The normalized spacial score (nSPS) is 17.3. The van der Waals surface area contributed by atoms with Crippen molar-refractivity contribution in [3.8, 4) is 5.75 Å². The third-order valence-corrected chi connectivity index (χ3v) is 2.76. The molecule has 0 N–H and O–H groups in total. The molecule has 7 heteroatoms. The van der Waals surface area contributed by atoms with Crippen LogP contribution in [0.25, 0.3) is 0 Å². The lowest BCUT2D eigenvalue weighted by atomic mass is 10.0. The first kappa shape index (κ1) is 14.0. The zero-order chi connectivity index (χ0) is 14.0. The third-order valence-electron chi connectivity index (χ3n) is 2.76. The molecule has 0 aromatic heterocycles. The number of alkyl halides is 3. The van der Waals surface area contributed by atoms with Gasteiger partial charge in [-0.2, -0.15) is 13.2 Å². The molecule has 0 radical (unpaired) electrons. The Morgan fingerprint density at radius 3 is 2.21 bits per heavy atom. The van der Waals surface area contributed by atoms with Gasteiger partial charge in [0, 0.05) is 37.2 Å². The summed E-state index contributed by atoms with van der Waals surface area (Å²) >= 11 is 0. The van der Waals surface area contributed by atoms with Gasteiger partial charge in [-0.25, -0.2) is 8.78 Å². The second kappa shape index (κ2) is 5.32. The standard InChI is InChI=1S/C12H12F5NO/c13-9-1-10(14)3-11(2-9)19-6-8-4-18(5-8)7-12(15,16)17/h1-3,8H,4-7H2. The molecule has 0 bridgehead atoms. The largest absolute Gasteiger partial charge is 0.493 e. The minimum atomic E-state index is -4.20. The lowest BCUT2D eigenvalue weighted by molar-refractivity contribution is -0.159. The van der Waals surface area contributed by atoms with Gasteiger partial charge in [0.1, 0.15) is 17.4 Å². The van der Waals surface area contributed by atoms with Gasteiger partial charge < -0.3 is 4.74 Å². The van der Waals surface area contributed by atoms with Gasteiger partial charge >= 0.3 is 6.18 Å². The van der Waals surface area contributed by atoms with Crippen LogP contribution in [-0.4, -0.2) is 37.3 Å². The smallest absolute Gasteiger partial charge is 0.401 e. The number of hydrogen-bond acceptors (Lipinski definition) is 2. The van der Waals surface area contributed by atoms with Crippen LogP contribution in [0.5, 0.6) is 5.75 Å². The number of ether oxygens (including phenoxy) is 1. The Labute approximate surface area is 106 Å². The quantitative estimate of drug-likeness (QED) is 0.787. The average Bonchev–Trinajstić information content (AvgIpc) is 2.18. The van der Waals surface area contributed by atoms with Gasteiger partial charge in [-0.05, 0) is 0 Å². The van der Waals surface area contributed by atoms with Crippen molar-refractivity contribution in [2.75, 3.05) is 26.2 Å². The molecule has 19 heavy (non-hydrogen) atoms. The van der Waals surface area contributed by atoms with E-state index in [2.05, 4.69) is 0 Å². The van der Waals surface area contributed by atoms with Crippen molar-refractivity contribution in [1.29, 1.82) is 0 Å². The van der Waals surface area contributed by atoms with Gasteiger partial charge in [-0.3, -0.25) is 4.90 Å². The molecule has 0 amide bonds. The van der Waals surface area contributed by atoms with Crippen LogP contribution in [0, 0.1) is 17.6 Å². The number of rotatable bonds is 4. The van der Waals surface area contributed by atoms with Gasteiger partial charge in [-0.15, -0.1) is 0 Å². The molecule has 1 fully saturated rings. The number of likely N-dealkylation sites (tertiary alicyclic amines) is 1. The molecule has 1 heterocycles. The summed E-state index contributed by atoms with van der Waals surface area (Å²) in [4.78, 5) is 1.25. The fourth-order valence-electron chi connectivity index (χ4n) is 1.99. The van der Waals surface area contributed by atoms with Crippen molar-refractivity contribution in [3.63, 3.8) is 0 Å². The summed E-state index contributed by atoms with van der Waals surface area (Å²) in [7, 11) is 0. The van der Waals surface area contributed by atoms with E-state index in [9.17, 15) is 22.0 Å². The van der Waals surface area contributed by atoms with E-state index in [1.807, 2.05) is 0 Å². The molecule has 0 atom stereocenters. The van der Waals surface area contributed by atoms with E-state index in [4.69, 9.17) is 4.74 Å². The van der Waals surface area contributed by atoms with Crippen LogP contribution >= 0.6 is 0 Å². The third kappa shape index (κ3) is 4.34. The summed E-state index contributed by atoms with van der Waals surface area (Å²) in [6, 6.07) is 2.80. The van der Waals surface area contributed by atoms with Crippen molar-refractivity contribution < 1.29 is 26.7 Å². The number of nitrogens with zero attached hydrogens (tertiary/aromatic N) is 1. The summed E-state index contributed by atoms with van der Waals surface area (Å²) in [5.41, 5.74) is 0. The van der Waals surface area contributed by atoms with Crippen LogP contribution in [0.15, 0.2) is 18.2 Å². The Morgan fingerprint density at radius 2 is 1.68 bits per heavy atom. The minimum Gasteiger partial charge on any atom is -0.493 e. The van der Waals surface area contributed by atoms with Gasteiger partial charge in [0.25, 0.3) is 0 Å². The molecule has 1 saturated heterocycles. The van der Waals surface area contributed by atoms with Crippen molar-refractivity contribution in [2.24, 2.45) is 5.92 Å². The van der Waals surface area contributed by atoms with E-state index in [1.54, 1.807) is 0 Å². The zero-order valence-electron chi connectivity index (χ0n) is 9.88. The van der Waals surface area contributed by atoms with Gasteiger partial charge in [0.05, 0.1) is 13.2 Å². The van der Waals surface area contributed by atoms with Crippen molar-refractivity contribution in [3.05, 3.63) is 29.8 Å². The summed E-state index contributed by atoms with van der Waals surface area (Å²) in [5, 5.41) is 0. The Hall–Kier alpha value is -1.37. The molecule has 1 aliphatic heterocycles. The first-order chi connectivity index (χ1) is 8.82. The van der Waals surface area contributed by atoms with Crippen molar-refractivity contribution in [2.45, 2.75) is 6.18 Å². The average molecular weight is 281 g/mol. The number of halogens is 5.